The first kappa shape index (κ1) is 19.5. The fraction of sp³-hybridized carbons (Fsp3) is 0.333. The van der Waals surface area contributed by atoms with Gasteiger partial charge in [0.2, 0.25) is 0 Å². The summed E-state index contributed by atoms with van der Waals surface area (Å²) in [7, 11) is 0. The summed E-state index contributed by atoms with van der Waals surface area (Å²) in [6, 6.07) is 9.29. The van der Waals surface area contributed by atoms with Gasteiger partial charge < -0.3 is 13.9 Å². The van der Waals surface area contributed by atoms with Crippen LogP contribution in [0, 0.1) is 10.1 Å². The molecule has 1 aromatic carbocycles. The van der Waals surface area contributed by atoms with Gasteiger partial charge in [0.05, 0.1) is 25.5 Å². The Morgan fingerprint density at radius 3 is 2.68 bits per heavy atom. The number of nitrogens with one attached hydrogen (secondary N) is 1. The van der Waals surface area contributed by atoms with Gasteiger partial charge in [-0.15, -0.1) is 0 Å². The van der Waals surface area contributed by atoms with Crippen molar-refractivity contribution in [2.45, 2.75) is 0 Å². The Kier molecular flexibility index (Phi) is 6.71. The lowest BCUT2D eigenvalue weighted by atomic mass is 10.2. The molecule has 1 saturated heterocycles. The zero-order chi connectivity index (χ0) is 19.8. The highest BCUT2D eigenvalue weighted by Gasteiger charge is 2.11. The van der Waals surface area contributed by atoms with E-state index in [2.05, 4.69) is 15.4 Å². The van der Waals surface area contributed by atoms with Gasteiger partial charge in [0.1, 0.15) is 17.3 Å². The van der Waals surface area contributed by atoms with Crippen LogP contribution in [0.1, 0.15) is 16.1 Å². The number of hydrogen-bond acceptors (Lipinski definition) is 8. The minimum atomic E-state index is -0.652. The van der Waals surface area contributed by atoms with Crippen molar-refractivity contribution >= 4 is 18.0 Å². The zero-order valence-electron chi connectivity index (χ0n) is 15.1. The van der Waals surface area contributed by atoms with Crippen LogP contribution in [-0.2, 0) is 4.74 Å². The monoisotopic (exact) mass is 388 g/mol. The number of benzene rings is 1. The van der Waals surface area contributed by atoms with E-state index in [0.29, 0.717) is 17.9 Å². The molecule has 2 heterocycles. The Hall–Kier alpha value is -3.24. The van der Waals surface area contributed by atoms with Crippen molar-refractivity contribution in [3.8, 4) is 5.75 Å². The first-order valence-corrected chi connectivity index (χ1v) is 8.72. The predicted molar refractivity (Wildman–Crippen MR) is 99.6 cm³/mol. The number of rotatable bonds is 8. The molecule has 1 aliphatic rings. The standard InChI is InChI=1S/C18H20N4O6/c23-18(20-19-13-16-5-6-17(28-16)22(24)25)14-1-3-15(4-2-14)27-12-9-21-7-10-26-11-8-21/h1-6,13H,7-12H2,(H,20,23)/b19-13+. The number of morpholine rings is 1. The molecule has 0 bridgehead atoms. The first-order valence-electron chi connectivity index (χ1n) is 8.72. The third kappa shape index (κ3) is 5.63. The fourth-order valence-electron chi connectivity index (χ4n) is 2.55. The number of nitrogens with zero attached hydrogens (tertiary/aromatic N) is 3. The van der Waals surface area contributed by atoms with E-state index in [1.165, 1.54) is 18.3 Å². The molecule has 0 saturated carbocycles. The van der Waals surface area contributed by atoms with Crippen LogP contribution in [0.4, 0.5) is 5.88 Å². The average molecular weight is 388 g/mol. The summed E-state index contributed by atoms with van der Waals surface area (Å²) in [6.45, 7) is 4.71. The van der Waals surface area contributed by atoms with Crippen LogP contribution in [0.3, 0.4) is 0 Å². The van der Waals surface area contributed by atoms with E-state index < -0.39 is 16.7 Å². The number of ether oxygens (including phenoxy) is 2. The molecule has 0 atom stereocenters. The van der Waals surface area contributed by atoms with Crippen molar-refractivity contribution < 1.29 is 23.6 Å². The molecule has 1 aromatic heterocycles. The van der Waals surface area contributed by atoms with Gasteiger partial charge in [-0.3, -0.25) is 19.8 Å². The highest BCUT2D eigenvalue weighted by molar-refractivity contribution is 5.94. The van der Waals surface area contributed by atoms with Gasteiger partial charge >= 0.3 is 5.88 Å². The van der Waals surface area contributed by atoms with Gasteiger partial charge in [-0.25, -0.2) is 5.43 Å². The van der Waals surface area contributed by atoms with Crippen molar-refractivity contribution in [1.29, 1.82) is 0 Å². The maximum Gasteiger partial charge on any atom is 0.433 e. The lowest BCUT2D eigenvalue weighted by molar-refractivity contribution is -0.402. The molecular weight excluding hydrogens is 368 g/mol. The normalized spacial score (nSPS) is 14.9. The molecule has 10 heteroatoms. The summed E-state index contributed by atoms with van der Waals surface area (Å²) in [5.41, 5.74) is 2.74. The van der Waals surface area contributed by atoms with E-state index in [0.717, 1.165) is 32.8 Å². The van der Waals surface area contributed by atoms with E-state index in [1.807, 2.05) is 0 Å². The quantitative estimate of drug-likeness (QED) is 0.415. The van der Waals surface area contributed by atoms with Crippen LogP contribution in [-0.4, -0.2) is 61.4 Å². The maximum absolute atomic E-state index is 12.1. The Bertz CT molecular complexity index is 827. The van der Waals surface area contributed by atoms with Crippen LogP contribution in [0.2, 0.25) is 0 Å². The van der Waals surface area contributed by atoms with Crippen molar-refractivity contribution in [3.63, 3.8) is 0 Å². The smallest absolute Gasteiger partial charge is 0.433 e. The van der Waals surface area contributed by atoms with Gasteiger partial charge in [-0.05, 0) is 30.3 Å². The SMILES string of the molecule is O=C(N/N=C/c1ccc([N+](=O)[O-])o1)c1ccc(OCCN2CCOCC2)cc1. The Balaban J connectivity index is 1.43. The summed E-state index contributed by atoms with van der Waals surface area (Å²) in [6.07, 6.45) is 1.19. The first-order chi connectivity index (χ1) is 13.6. The summed E-state index contributed by atoms with van der Waals surface area (Å²) in [5, 5.41) is 14.3. The zero-order valence-corrected chi connectivity index (χ0v) is 15.1. The number of hydrogen-bond donors (Lipinski definition) is 1. The summed E-state index contributed by atoms with van der Waals surface area (Å²) >= 11 is 0. The molecular formula is C18H20N4O6. The summed E-state index contributed by atoms with van der Waals surface area (Å²) in [5.74, 6) is 0.0291. The second-order valence-corrected chi connectivity index (χ2v) is 5.96. The minimum absolute atomic E-state index is 0.163. The van der Waals surface area contributed by atoms with Crippen LogP contribution in [0.15, 0.2) is 45.9 Å². The molecule has 0 unspecified atom stereocenters. The second-order valence-electron chi connectivity index (χ2n) is 5.96. The molecule has 148 valence electrons. The fourth-order valence-corrected chi connectivity index (χ4v) is 2.55. The number of amides is 1. The molecule has 3 rings (SSSR count). The highest BCUT2D eigenvalue weighted by Crippen LogP contribution is 2.14. The largest absolute Gasteiger partial charge is 0.492 e. The minimum Gasteiger partial charge on any atom is -0.492 e. The number of carbonyl (C=O) groups is 1. The van der Waals surface area contributed by atoms with E-state index in [4.69, 9.17) is 13.9 Å². The Labute approximate surface area is 160 Å². The van der Waals surface area contributed by atoms with Crippen molar-refractivity contribution in [2.24, 2.45) is 5.10 Å². The third-order valence-electron chi connectivity index (χ3n) is 4.05. The highest BCUT2D eigenvalue weighted by atomic mass is 16.6. The lowest BCUT2D eigenvalue weighted by Crippen LogP contribution is -2.38. The van der Waals surface area contributed by atoms with Gasteiger partial charge in [0.25, 0.3) is 5.91 Å². The van der Waals surface area contributed by atoms with Gasteiger partial charge in [0, 0.05) is 25.2 Å². The maximum atomic E-state index is 12.1. The number of hydrazone groups is 1. The third-order valence-corrected chi connectivity index (χ3v) is 4.05. The van der Waals surface area contributed by atoms with Gasteiger partial charge in [0.15, 0.2) is 5.76 Å². The van der Waals surface area contributed by atoms with E-state index >= 15 is 0 Å². The van der Waals surface area contributed by atoms with Crippen molar-refractivity contribution in [2.75, 3.05) is 39.5 Å². The predicted octanol–water partition coefficient (Wildman–Crippen LogP) is 1.66. The van der Waals surface area contributed by atoms with Crippen molar-refractivity contribution in [3.05, 3.63) is 57.8 Å². The molecule has 0 aliphatic carbocycles. The van der Waals surface area contributed by atoms with Crippen molar-refractivity contribution in [1.82, 2.24) is 10.3 Å². The average Bonchev–Trinajstić information content (AvgIpc) is 3.19. The van der Waals surface area contributed by atoms with Gasteiger partial charge in [-0.1, -0.05) is 0 Å². The van der Waals surface area contributed by atoms with E-state index in [1.54, 1.807) is 24.3 Å². The molecule has 1 aliphatic heterocycles. The summed E-state index contributed by atoms with van der Waals surface area (Å²) < 4.78 is 15.9. The van der Waals surface area contributed by atoms with Crippen LogP contribution in [0.25, 0.3) is 0 Å². The van der Waals surface area contributed by atoms with Crippen LogP contribution >= 0.6 is 0 Å². The van der Waals surface area contributed by atoms with E-state index in [9.17, 15) is 14.9 Å². The molecule has 1 amide bonds. The molecule has 1 fully saturated rings. The van der Waals surface area contributed by atoms with Crippen LogP contribution in [0.5, 0.6) is 5.75 Å². The van der Waals surface area contributed by atoms with Gasteiger partial charge in [-0.2, -0.15) is 5.10 Å². The van der Waals surface area contributed by atoms with E-state index in [-0.39, 0.29) is 5.76 Å². The molecule has 28 heavy (non-hydrogen) atoms. The molecule has 1 N–H and O–H groups in total. The van der Waals surface area contributed by atoms with Crippen LogP contribution < -0.4 is 10.2 Å². The number of nitro groups is 1. The molecule has 10 nitrogen and oxygen atoms in total. The summed E-state index contributed by atoms with van der Waals surface area (Å²) in [4.78, 5) is 24.2. The Morgan fingerprint density at radius 2 is 2.00 bits per heavy atom. The second kappa shape index (κ2) is 9.62. The molecule has 0 spiro atoms. The molecule has 2 aromatic rings. The lowest BCUT2D eigenvalue weighted by Gasteiger charge is -2.26. The topological polar surface area (TPSA) is 119 Å². The molecule has 0 radical (unpaired) electrons. The number of furan rings is 1. The Morgan fingerprint density at radius 1 is 1.25 bits per heavy atom. The number of carbonyl (C=O) groups excluding carboxylic acids is 1.